The van der Waals surface area contributed by atoms with Gasteiger partial charge in [0.05, 0.1) is 18.9 Å². The number of hydrogen-bond donors (Lipinski definition) is 1. The molecule has 0 unspecified atom stereocenters. The molecule has 0 saturated carbocycles. The third-order valence-corrected chi connectivity index (χ3v) is 3.62. The lowest BCUT2D eigenvalue weighted by molar-refractivity contribution is -0.138. The van der Waals surface area contributed by atoms with E-state index in [0.717, 1.165) is 6.26 Å². The highest BCUT2D eigenvalue weighted by atomic mass is 32.2. The summed E-state index contributed by atoms with van der Waals surface area (Å²) in [5.41, 5.74) is -0.336. The van der Waals surface area contributed by atoms with Crippen LogP contribution in [0, 0.1) is 0 Å². The molecular weight excluding hydrogens is 338 g/mol. The lowest BCUT2D eigenvalue weighted by atomic mass is 9.92. The zero-order valence-corrected chi connectivity index (χ0v) is 15.4. The van der Waals surface area contributed by atoms with Gasteiger partial charge in [-0.05, 0) is 34.1 Å². The first-order valence-corrected chi connectivity index (χ1v) is 9.47. The van der Waals surface area contributed by atoms with Crippen molar-refractivity contribution in [2.45, 2.75) is 58.3 Å². The van der Waals surface area contributed by atoms with Crippen molar-refractivity contribution in [2.75, 3.05) is 12.9 Å². The van der Waals surface area contributed by atoms with Crippen LogP contribution < -0.4 is 5.32 Å². The molecule has 0 aliphatic heterocycles. The largest absolute Gasteiger partial charge is 0.463 e. The fraction of sp³-hybridized carbons (Fsp3) is 0.733. The van der Waals surface area contributed by atoms with Gasteiger partial charge in [-0.2, -0.15) is 8.42 Å². The van der Waals surface area contributed by atoms with Gasteiger partial charge in [0, 0.05) is 12.0 Å². The number of nitrogens with one attached hydrogen (secondary N) is 1. The molecule has 0 aromatic carbocycles. The predicted molar refractivity (Wildman–Crippen MR) is 86.8 cm³/mol. The van der Waals surface area contributed by atoms with Gasteiger partial charge in [-0.1, -0.05) is 6.08 Å². The highest BCUT2D eigenvalue weighted by Gasteiger charge is 2.34. The van der Waals surface area contributed by atoms with Crippen LogP contribution >= 0.6 is 0 Å². The third kappa shape index (κ3) is 7.31. The highest BCUT2D eigenvalue weighted by Crippen LogP contribution is 2.24. The maximum absolute atomic E-state index is 12.0. The van der Waals surface area contributed by atoms with Gasteiger partial charge in [-0.3, -0.25) is 4.18 Å². The van der Waals surface area contributed by atoms with Crippen LogP contribution in [0.2, 0.25) is 0 Å². The van der Waals surface area contributed by atoms with Gasteiger partial charge in [0.2, 0.25) is 0 Å². The lowest BCUT2D eigenvalue weighted by Gasteiger charge is -2.31. The Morgan fingerprint density at radius 3 is 2.46 bits per heavy atom. The van der Waals surface area contributed by atoms with Crippen molar-refractivity contribution in [1.29, 1.82) is 0 Å². The van der Waals surface area contributed by atoms with Gasteiger partial charge in [0.25, 0.3) is 10.1 Å². The molecule has 2 atom stereocenters. The molecule has 0 bridgehead atoms. The summed E-state index contributed by atoms with van der Waals surface area (Å²) in [5, 5.41) is 2.58. The van der Waals surface area contributed by atoms with E-state index in [-0.39, 0.29) is 19.4 Å². The highest BCUT2D eigenvalue weighted by molar-refractivity contribution is 7.86. The molecule has 9 heteroatoms. The Morgan fingerprint density at radius 2 is 1.96 bits per heavy atom. The first kappa shape index (κ1) is 20.4. The van der Waals surface area contributed by atoms with Gasteiger partial charge in [0.15, 0.2) is 0 Å². The standard InChI is InChI=1S/C15H25NO7S/c1-6-21-13(17)10-7-8-12(23-24(5,19)20)11(9-10)16-14(18)22-15(2,3)4/h7,11-12H,6,8-9H2,1-5H3,(H,16,18)/t11-,12+/m0/s1. The number of ether oxygens (including phenoxy) is 2. The van der Waals surface area contributed by atoms with E-state index in [1.54, 1.807) is 33.8 Å². The molecule has 0 fully saturated rings. The molecule has 0 spiro atoms. The smallest absolute Gasteiger partial charge is 0.407 e. The van der Waals surface area contributed by atoms with E-state index >= 15 is 0 Å². The second-order valence-electron chi connectivity index (χ2n) is 6.48. The number of esters is 1. The van der Waals surface area contributed by atoms with E-state index in [1.807, 2.05) is 0 Å². The minimum atomic E-state index is -3.71. The first-order valence-electron chi connectivity index (χ1n) is 7.65. The van der Waals surface area contributed by atoms with Crippen molar-refractivity contribution in [2.24, 2.45) is 0 Å². The van der Waals surface area contributed by atoms with E-state index < -0.39 is 39.9 Å². The summed E-state index contributed by atoms with van der Waals surface area (Å²) < 4.78 is 37.9. The van der Waals surface area contributed by atoms with Crippen LogP contribution in [0.1, 0.15) is 40.5 Å². The zero-order chi connectivity index (χ0) is 18.5. The van der Waals surface area contributed by atoms with E-state index in [2.05, 4.69) is 5.32 Å². The van der Waals surface area contributed by atoms with E-state index in [9.17, 15) is 18.0 Å². The predicted octanol–water partition coefficient (Wildman–Crippen LogP) is 1.51. The number of amides is 1. The van der Waals surface area contributed by atoms with Crippen LogP contribution in [-0.4, -0.2) is 51.1 Å². The quantitative estimate of drug-likeness (QED) is 0.582. The topological polar surface area (TPSA) is 108 Å². The third-order valence-electron chi connectivity index (χ3n) is 3.02. The number of hydrogen-bond acceptors (Lipinski definition) is 7. The van der Waals surface area contributed by atoms with E-state index in [4.69, 9.17) is 13.7 Å². The maximum atomic E-state index is 12.0. The van der Waals surface area contributed by atoms with Crippen molar-refractivity contribution < 1.29 is 31.7 Å². The monoisotopic (exact) mass is 363 g/mol. The average Bonchev–Trinajstić information content (AvgIpc) is 2.37. The van der Waals surface area contributed by atoms with Gasteiger partial charge >= 0.3 is 12.1 Å². The van der Waals surface area contributed by atoms with Crippen LogP contribution in [0.4, 0.5) is 4.79 Å². The minimum absolute atomic E-state index is 0.0955. The normalized spacial score (nSPS) is 21.6. The molecule has 1 rings (SSSR count). The summed E-state index contributed by atoms with van der Waals surface area (Å²) in [7, 11) is -3.71. The minimum Gasteiger partial charge on any atom is -0.463 e. The van der Waals surface area contributed by atoms with Gasteiger partial charge in [0.1, 0.15) is 11.7 Å². The molecule has 1 aliphatic carbocycles. The van der Waals surface area contributed by atoms with E-state index in [0.29, 0.717) is 5.57 Å². The molecule has 0 heterocycles. The molecule has 1 amide bonds. The average molecular weight is 363 g/mol. The van der Waals surface area contributed by atoms with Crippen molar-refractivity contribution in [3.63, 3.8) is 0 Å². The summed E-state index contributed by atoms with van der Waals surface area (Å²) in [6, 6.07) is -0.723. The SMILES string of the molecule is CCOC(=O)C1=CC[C@@H](OS(C)(=O)=O)[C@@H](NC(=O)OC(C)(C)C)C1. The fourth-order valence-corrected chi connectivity index (χ4v) is 2.86. The Kier molecular flexibility index (Phi) is 6.79. The Labute approximate surface area is 142 Å². The molecule has 1 aliphatic rings. The molecular formula is C15H25NO7S. The maximum Gasteiger partial charge on any atom is 0.407 e. The number of carbonyl (C=O) groups excluding carboxylic acids is 2. The van der Waals surface area contributed by atoms with Crippen LogP contribution in [-0.2, 0) is 28.6 Å². The van der Waals surface area contributed by atoms with Crippen molar-refractivity contribution in [3.05, 3.63) is 11.6 Å². The van der Waals surface area contributed by atoms with Crippen molar-refractivity contribution in [3.8, 4) is 0 Å². The van der Waals surface area contributed by atoms with Crippen molar-refractivity contribution >= 4 is 22.2 Å². The first-order chi connectivity index (χ1) is 10.9. The second kappa shape index (κ2) is 7.98. The summed E-state index contributed by atoms with van der Waals surface area (Å²) in [5.74, 6) is -0.494. The number of rotatable bonds is 5. The van der Waals surface area contributed by atoms with Crippen molar-refractivity contribution in [1.82, 2.24) is 5.32 Å². The Balaban J connectivity index is 2.89. The molecule has 8 nitrogen and oxygen atoms in total. The fourth-order valence-electron chi connectivity index (χ4n) is 2.20. The lowest BCUT2D eigenvalue weighted by Crippen LogP contribution is -2.48. The van der Waals surface area contributed by atoms with Crippen LogP contribution in [0.25, 0.3) is 0 Å². The summed E-state index contributed by atoms with van der Waals surface area (Å²) in [6.07, 6.45) is 1.23. The molecule has 1 N–H and O–H groups in total. The summed E-state index contributed by atoms with van der Waals surface area (Å²) >= 11 is 0. The molecule has 0 aromatic rings. The summed E-state index contributed by atoms with van der Waals surface area (Å²) in [6.45, 7) is 7.04. The number of carbonyl (C=O) groups is 2. The van der Waals surface area contributed by atoms with Gasteiger partial charge in [-0.25, -0.2) is 9.59 Å². The summed E-state index contributed by atoms with van der Waals surface area (Å²) in [4.78, 5) is 23.8. The van der Waals surface area contributed by atoms with Crippen LogP contribution in [0.5, 0.6) is 0 Å². The van der Waals surface area contributed by atoms with E-state index in [1.165, 1.54) is 0 Å². The molecule has 0 aromatic heterocycles. The Hall–Kier alpha value is -1.61. The zero-order valence-electron chi connectivity index (χ0n) is 14.6. The molecule has 138 valence electrons. The van der Waals surface area contributed by atoms with Crippen LogP contribution in [0.15, 0.2) is 11.6 Å². The molecule has 0 radical (unpaired) electrons. The Morgan fingerprint density at radius 1 is 1.33 bits per heavy atom. The molecule has 24 heavy (non-hydrogen) atoms. The van der Waals surface area contributed by atoms with Gasteiger partial charge in [-0.15, -0.1) is 0 Å². The number of alkyl carbamates (subject to hydrolysis) is 1. The Bertz CT molecular complexity index is 604. The van der Waals surface area contributed by atoms with Crippen LogP contribution in [0.3, 0.4) is 0 Å². The second-order valence-corrected chi connectivity index (χ2v) is 8.08. The van der Waals surface area contributed by atoms with Gasteiger partial charge < -0.3 is 14.8 Å². The molecule has 0 saturated heterocycles.